The van der Waals surface area contributed by atoms with E-state index in [-0.39, 0.29) is 46.4 Å². The highest BCUT2D eigenvalue weighted by Gasteiger charge is 2.36. The summed E-state index contributed by atoms with van der Waals surface area (Å²) >= 11 is 5.90. The molecule has 0 saturated heterocycles. The van der Waals surface area contributed by atoms with Gasteiger partial charge in [-0.1, -0.05) is 17.7 Å². The van der Waals surface area contributed by atoms with Crippen LogP contribution in [0.15, 0.2) is 48.5 Å². The second kappa shape index (κ2) is 7.81. The summed E-state index contributed by atoms with van der Waals surface area (Å²) in [5.41, 5.74) is 6.92. The summed E-state index contributed by atoms with van der Waals surface area (Å²) < 4.78 is 11.6. The van der Waals surface area contributed by atoms with Gasteiger partial charge in [0.25, 0.3) is 0 Å². The van der Waals surface area contributed by atoms with Gasteiger partial charge < -0.3 is 35.6 Å². The van der Waals surface area contributed by atoms with Gasteiger partial charge in [0, 0.05) is 29.7 Å². The molecule has 31 heavy (non-hydrogen) atoms. The number of anilines is 1. The average molecular weight is 444 g/mol. The molecule has 0 aliphatic carbocycles. The lowest BCUT2D eigenvalue weighted by Crippen LogP contribution is -2.34. The van der Waals surface area contributed by atoms with E-state index in [1.165, 1.54) is 42.5 Å². The molecule has 0 radical (unpaired) electrons. The van der Waals surface area contributed by atoms with E-state index in [1.54, 1.807) is 0 Å². The number of nitrogens with two attached hydrogens (primary N) is 1. The molecule has 0 amide bonds. The molecule has 1 aliphatic heterocycles. The van der Waals surface area contributed by atoms with Crippen LogP contribution in [0.1, 0.15) is 27.6 Å². The Kier molecular flexibility index (Phi) is 5.16. The van der Waals surface area contributed by atoms with Crippen LogP contribution >= 0.6 is 11.6 Å². The van der Waals surface area contributed by atoms with Gasteiger partial charge in [0.1, 0.15) is 23.4 Å². The monoisotopic (exact) mass is 443 g/mol. The third-order valence-corrected chi connectivity index (χ3v) is 5.33. The van der Waals surface area contributed by atoms with E-state index in [1.807, 2.05) is 0 Å². The molecular weight excluding hydrogens is 426 g/mol. The lowest BCUT2D eigenvalue weighted by molar-refractivity contribution is -0.0188. The molecule has 4 rings (SSSR count). The summed E-state index contributed by atoms with van der Waals surface area (Å²) in [7, 11) is 0. The second-order valence-corrected chi connectivity index (χ2v) is 7.52. The maximum atomic E-state index is 12.8. The molecule has 0 bridgehead atoms. The minimum atomic E-state index is -0.906. The largest absolute Gasteiger partial charge is 0.508 e. The predicted molar refractivity (Wildman–Crippen MR) is 112 cm³/mol. The highest BCUT2D eigenvalue weighted by molar-refractivity contribution is 6.33. The zero-order valence-electron chi connectivity index (χ0n) is 15.9. The van der Waals surface area contributed by atoms with Crippen LogP contribution in [0.5, 0.6) is 28.7 Å². The molecule has 6 N–H and O–H groups in total. The Bertz CT molecular complexity index is 1180. The summed E-state index contributed by atoms with van der Waals surface area (Å²) in [5, 5.41) is 39.8. The van der Waals surface area contributed by atoms with E-state index in [9.17, 15) is 25.2 Å². The number of benzene rings is 3. The van der Waals surface area contributed by atoms with Crippen LogP contribution in [0.25, 0.3) is 0 Å². The van der Waals surface area contributed by atoms with Gasteiger partial charge >= 0.3 is 5.97 Å². The molecule has 0 spiro atoms. The number of carbonyl (C=O) groups is 1. The second-order valence-electron chi connectivity index (χ2n) is 7.11. The molecule has 1 aliphatic rings. The van der Waals surface area contributed by atoms with E-state index in [0.29, 0.717) is 16.1 Å². The molecule has 0 saturated carbocycles. The molecular formula is C22H18ClNO7. The fourth-order valence-electron chi connectivity index (χ4n) is 3.43. The molecule has 160 valence electrons. The molecule has 8 nitrogen and oxygen atoms in total. The standard InChI is InChI=1S/C22H18ClNO7/c23-14-3-1-11(5-15(14)24)22(29)31-20-9-13-17(27)7-12(25)8-19(13)30-21(20)10-2-4-16(26)18(28)6-10/h1-8,20-21,25-28H,9,24H2/t20-,21-/m1/s1. The van der Waals surface area contributed by atoms with E-state index in [0.717, 1.165) is 6.07 Å². The summed E-state index contributed by atoms with van der Waals surface area (Å²) in [4.78, 5) is 12.8. The van der Waals surface area contributed by atoms with E-state index in [2.05, 4.69) is 0 Å². The number of esters is 1. The molecule has 0 aromatic heterocycles. The smallest absolute Gasteiger partial charge is 0.338 e. The van der Waals surface area contributed by atoms with E-state index >= 15 is 0 Å². The first-order valence-corrected chi connectivity index (χ1v) is 9.60. The van der Waals surface area contributed by atoms with E-state index in [4.69, 9.17) is 26.8 Å². The number of hydrogen-bond donors (Lipinski definition) is 5. The van der Waals surface area contributed by atoms with Gasteiger partial charge in [0.05, 0.1) is 16.3 Å². The van der Waals surface area contributed by atoms with Crippen LogP contribution in [0.2, 0.25) is 5.02 Å². The van der Waals surface area contributed by atoms with Gasteiger partial charge in [-0.3, -0.25) is 0 Å². The first kappa shape index (κ1) is 20.5. The summed E-state index contributed by atoms with van der Waals surface area (Å²) in [5.74, 6) is -1.58. The maximum Gasteiger partial charge on any atom is 0.338 e. The quantitative estimate of drug-likeness (QED) is 0.234. The SMILES string of the molecule is Nc1cc(C(=O)O[C@@H]2Cc3c(O)cc(O)cc3O[C@@H]2c2ccc(O)c(O)c2)ccc1Cl. The lowest BCUT2D eigenvalue weighted by atomic mass is 9.93. The van der Waals surface area contributed by atoms with Crippen LogP contribution < -0.4 is 10.5 Å². The predicted octanol–water partition coefficient (Wildman–Crippen LogP) is 3.65. The number of rotatable bonds is 3. The highest BCUT2D eigenvalue weighted by Crippen LogP contribution is 2.44. The van der Waals surface area contributed by atoms with Crippen LogP contribution in [0.4, 0.5) is 5.69 Å². The van der Waals surface area contributed by atoms with Crippen molar-refractivity contribution in [3.05, 3.63) is 70.2 Å². The number of hydrogen-bond acceptors (Lipinski definition) is 8. The Hall–Kier alpha value is -3.78. The first-order valence-electron chi connectivity index (χ1n) is 9.22. The van der Waals surface area contributed by atoms with Crippen LogP contribution in [0, 0.1) is 0 Å². The Labute approximate surface area is 181 Å². The minimum absolute atomic E-state index is 0.0720. The van der Waals surface area contributed by atoms with Crippen LogP contribution in [-0.2, 0) is 11.2 Å². The molecule has 1 heterocycles. The first-order chi connectivity index (χ1) is 14.7. The van der Waals surface area contributed by atoms with Crippen molar-refractivity contribution in [1.82, 2.24) is 0 Å². The minimum Gasteiger partial charge on any atom is -0.508 e. The van der Waals surface area contributed by atoms with Gasteiger partial charge in [-0.15, -0.1) is 0 Å². The fraction of sp³-hybridized carbons (Fsp3) is 0.136. The van der Waals surface area contributed by atoms with Gasteiger partial charge in [0.15, 0.2) is 17.6 Å². The number of aromatic hydroxyl groups is 4. The Morgan fingerprint density at radius 1 is 1.00 bits per heavy atom. The maximum absolute atomic E-state index is 12.8. The number of halogens is 1. The van der Waals surface area contributed by atoms with Crippen molar-refractivity contribution in [1.29, 1.82) is 0 Å². The van der Waals surface area contributed by atoms with Crippen LogP contribution in [-0.4, -0.2) is 32.5 Å². The number of phenols is 4. The molecule has 0 unspecified atom stereocenters. The van der Waals surface area contributed by atoms with Gasteiger partial charge in [0.2, 0.25) is 0 Å². The number of nitrogen functional groups attached to an aromatic ring is 1. The Balaban J connectivity index is 1.71. The zero-order chi connectivity index (χ0) is 22.3. The Morgan fingerprint density at radius 2 is 1.77 bits per heavy atom. The average Bonchev–Trinajstić information content (AvgIpc) is 2.72. The van der Waals surface area contributed by atoms with Crippen molar-refractivity contribution in [2.45, 2.75) is 18.6 Å². The molecule has 0 fully saturated rings. The fourth-order valence-corrected chi connectivity index (χ4v) is 3.55. The third kappa shape index (κ3) is 3.97. The number of phenolic OH excluding ortho intramolecular Hbond substituents is 4. The number of fused-ring (bicyclic) bond motifs is 1. The molecule has 9 heteroatoms. The van der Waals surface area contributed by atoms with Crippen molar-refractivity contribution >= 4 is 23.3 Å². The third-order valence-electron chi connectivity index (χ3n) is 4.99. The Morgan fingerprint density at radius 3 is 2.48 bits per heavy atom. The lowest BCUT2D eigenvalue weighted by Gasteiger charge is -2.34. The molecule has 3 aromatic rings. The van der Waals surface area contributed by atoms with Crippen molar-refractivity contribution in [2.75, 3.05) is 5.73 Å². The number of carbonyl (C=O) groups excluding carboxylic acids is 1. The molecule has 2 atom stereocenters. The topological polar surface area (TPSA) is 142 Å². The van der Waals surface area contributed by atoms with Crippen molar-refractivity contribution in [3.8, 4) is 28.7 Å². The van der Waals surface area contributed by atoms with Gasteiger partial charge in [-0.05, 0) is 30.3 Å². The number of ether oxygens (including phenoxy) is 2. The van der Waals surface area contributed by atoms with Gasteiger partial charge in [-0.2, -0.15) is 0 Å². The van der Waals surface area contributed by atoms with Crippen molar-refractivity contribution < 1.29 is 34.7 Å². The summed E-state index contributed by atoms with van der Waals surface area (Å²) in [6.45, 7) is 0. The van der Waals surface area contributed by atoms with E-state index < -0.39 is 18.2 Å². The normalized spacial score (nSPS) is 17.5. The highest BCUT2D eigenvalue weighted by atomic mass is 35.5. The summed E-state index contributed by atoms with van der Waals surface area (Å²) in [6.07, 6.45) is -1.73. The zero-order valence-corrected chi connectivity index (χ0v) is 16.7. The van der Waals surface area contributed by atoms with Crippen molar-refractivity contribution in [3.63, 3.8) is 0 Å². The van der Waals surface area contributed by atoms with Gasteiger partial charge in [-0.25, -0.2) is 4.79 Å². The molecule has 3 aromatic carbocycles. The summed E-state index contributed by atoms with van der Waals surface area (Å²) in [6, 6.07) is 10.9. The van der Waals surface area contributed by atoms with Crippen molar-refractivity contribution in [2.24, 2.45) is 0 Å². The van der Waals surface area contributed by atoms with Crippen LogP contribution in [0.3, 0.4) is 0 Å².